The third-order valence-corrected chi connectivity index (χ3v) is 9.50. The zero-order chi connectivity index (χ0) is 16.1. The number of cyclic esters (lactones) is 1. The second kappa shape index (κ2) is 7.55. The molecule has 1 saturated heterocycles. The summed E-state index contributed by atoms with van der Waals surface area (Å²) in [6, 6.07) is 0.647. The Morgan fingerprint density at radius 1 is 1.29 bits per heavy atom. The largest absolute Gasteiger partial charge is 0.464 e. The van der Waals surface area contributed by atoms with Crippen LogP contribution >= 0.6 is 0 Å². The van der Waals surface area contributed by atoms with Crippen LogP contribution in [0, 0.1) is 0 Å². The summed E-state index contributed by atoms with van der Waals surface area (Å²) in [6.07, 6.45) is 2.92. The third-order valence-electron chi connectivity index (χ3n) is 3.29. The molecule has 0 bridgehead atoms. The number of carbonyl (C=O) groups is 2. The molecule has 1 amide bonds. The van der Waals surface area contributed by atoms with Gasteiger partial charge in [0.15, 0.2) is 16.6 Å². The van der Waals surface area contributed by atoms with Crippen LogP contribution in [0.2, 0.25) is 38.8 Å². The van der Waals surface area contributed by atoms with Crippen LogP contribution in [0.4, 0.5) is 0 Å². The fourth-order valence-corrected chi connectivity index (χ4v) is 10.8. The van der Waals surface area contributed by atoms with Crippen molar-refractivity contribution in [2.24, 2.45) is 0 Å². The van der Waals surface area contributed by atoms with E-state index in [9.17, 15) is 9.59 Å². The lowest BCUT2D eigenvalue weighted by atomic mass is 10.2. The van der Waals surface area contributed by atoms with E-state index in [4.69, 9.17) is 8.85 Å². The van der Waals surface area contributed by atoms with Gasteiger partial charge in [0, 0.05) is 12.8 Å². The molecule has 1 N–H and O–H groups in total. The van der Waals surface area contributed by atoms with E-state index in [1.807, 2.05) is 0 Å². The van der Waals surface area contributed by atoms with Gasteiger partial charge >= 0.3 is 5.97 Å². The molecule has 0 aromatic carbocycles. The van der Waals surface area contributed by atoms with Crippen molar-refractivity contribution in [3.63, 3.8) is 0 Å². The lowest BCUT2D eigenvalue weighted by Gasteiger charge is -2.31. The highest BCUT2D eigenvalue weighted by Crippen LogP contribution is 2.21. The van der Waals surface area contributed by atoms with Gasteiger partial charge in [0.1, 0.15) is 6.04 Å². The van der Waals surface area contributed by atoms with Crippen LogP contribution in [0.15, 0.2) is 0 Å². The molecule has 7 heteroatoms. The molecule has 1 heterocycles. The summed E-state index contributed by atoms with van der Waals surface area (Å²) < 4.78 is 11.1. The summed E-state index contributed by atoms with van der Waals surface area (Å²) in [5, 5.41) is 2.74. The molecule has 1 unspecified atom stereocenters. The minimum absolute atomic E-state index is 0.0514. The molecule has 21 heavy (non-hydrogen) atoms. The van der Waals surface area contributed by atoms with Crippen LogP contribution in [0.25, 0.3) is 0 Å². The Bertz CT molecular complexity index is 380. The fraction of sp³-hybridized carbons (Fsp3) is 0.857. The first-order valence-corrected chi connectivity index (χ1v) is 14.3. The van der Waals surface area contributed by atoms with E-state index >= 15 is 0 Å². The molecular weight excluding hydrogens is 302 g/mol. The number of ether oxygens (including phenoxy) is 1. The van der Waals surface area contributed by atoms with E-state index in [-0.39, 0.29) is 11.9 Å². The van der Waals surface area contributed by atoms with Gasteiger partial charge in [-0.25, -0.2) is 4.79 Å². The predicted molar refractivity (Wildman–Crippen MR) is 88.1 cm³/mol. The lowest BCUT2D eigenvalue weighted by Crippen LogP contribution is -2.42. The number of nitrogens with one attached hydrogen (secondary N) is 1. The van der Waals surface area contributed by atoms with Gasteiger partial charge in [0.2, 0.25) is 5.91 Å². The topological polar surface area (TPSA) is 64.6 Å². The predicted octanol–water partition coefficient (Wildman–Crippen LogP) is 2.65. The third kappa shape index (κ3) is 7.78. The highest BCUT2D eigenvalue weighted by atomic mass is 28.4. The van der Waals surface area contributed by atoms with Crippen molar-refractivity contribution in [3.8, 4) is 0 Å². The maximum atomic E-state index is 11.8. The highest BCUT2D eigenvalue weighted by molar-refractivity contribution is 6.84. The number of rotatable bonds is 8. The maximum absolute atomic E-state index is 11.8. The molecular formula is C14H29NO4Si2. The SMILES string of the molecule is C[Si](C)(C)O[Si](C)(C)CCCCC(=O)NC1CCOC1=O. The Balaban J connectivity index is 2.18. The number of unbranched alkanes of at least 4 members (excludes halogenated alkanes) is 1. The van der Waals surface area contributed by atoms with E-state index in [0.717, 1.165) is 18.9 Å². The van der Waals surface area contributed by atoms with E-state index in [0.29, 0.717) is 19.4 Å². The van der Waals surface area contributed by atoms with Gasteiger partial charge in [-0.3, -0.25) is 4.79 Å². The lowest BCUT2D eigenvalue weighted by molar-refractivity contribution is -0.141. The van der Waals surface area contributed by atoms with Crippen molar-refractivity contribution in [2.75, 3.05) is 6.61 Å². The summed E-state index contributed by atoms with van der Waals surface area (Å²) in [7, 11) is -3.08. The van der Waals surface area contributed by atoms with E-state index in [2.05, 4.69) is 38.1 Å². The van der Waals surface area contributed by atoms with Gasteiger partial charge in [-0.2, -0.15) is 0 Å². The van der Waals surface area contributed by atoms with Gasteiger partial charge in [-0.05, 0) is 45.2 Å². The molecule has 0 aromatic rings. The monoisotopic (exact) mass is 331 g/mol. The molecule has 0 spiro atoms. The van der Waals surface area contributed by atoms with Crippen molar-refractivity contribution in [3.05, 3.63) is 0 Å². The number of hydrogen-bond acceptors (Lipinski definition) is 4. The Morgan fingerprint density at radius 2 is 1.95 bits per heavy atom. The highest BCUT2D eigenvalue weighted by Gasteiger charge is 2.29. The molecule has 1 aliphatic heterocycles. The van der Waals surface area contributed by atoms with E-state index < -0.39 is 22.7 Å². The molecule has 0 radical (unpaired) electrons. The average Bonchev–Trinajstić information content (AvgIpc) is 2.67. The first-order valence-electron chi connectivity index (χ1n) is 7.75. The number of hydrogen-bond donors (Lipinski definition) is 1. The number of carbonyl (C=O) groups excluding carboxylic acids is 2. The van der Waals surface area contributed by atoms with Gasteiger partial charge < -0.3 is 14.2 Å². The Morgan fingerprint density at radius 3 is 2.48 bits per heavy atom. The van der Waals surface area contributed by atoms with Gasteiger partial charge in [-0.1, -0.05) is 6.42 Å². The molecule has 0 aromatic heterocycles. The second-order valence-electron chi connectivity index (χ2n) is 7.26. The maximum Gasteiger partial charge on any atom is 0.328 e. The van der Waals surface area contributed by atoms with E-state index in [1.54, 1.807) is 0 Å². The zero-order valence-electron chi connectivity index (χ0n) is 14.0. The second-order valence-corrected chi connectivity index (χ2v) is 16.3. The van der Waals surface area contributed by atoms with Crippen LogP contribution in [0.1, 0.15) is 25.7 Å². The smallest absolute Gasteiger partial charge is 0.328 e. The van der Waals surface area contributed by atoms with Crippen molar-refractivity contribution < 1.29 is 18.4 Å². The van der Waals surface area contributed by atoms with Gasteiger partial charge in [0.05, 0.1) is 6.61 Å². The van der Waals surface area contributed by atoms with Crippen molar-refractivity contribution in [2.45, 2.75) is 70.5 Å². The molecule has 0 aliphatic carbocycles. The fourth-order valence-electron chi connectivity index (χ4n) is 2.61. The first-order chi connectivity index (χ1) is 9.59. The molecule has 5 nitrogen and oxygen atoms in total. The Labute approximate surface area is 130 Å². The molecule has 1 rings (SSSR count). The minimum atomic E-state index is -1.60. The standard InChI is InChI=1S/C14H29NO4Si2/c1-20(2,3)19-21(4,5)11-7-6-8-13(16)15-12-9-10-18-14(12)17/h12H,6-11H2,1-5H3,(H,15,16). The first kappa shape index (κ1) is 18.4. The minimum Gasteiger partial charge on any atom is -0.464 e. The van der Waals surface area contributed by atoms with Crippen molar-refractivity contribution >= 4 is 28.5 Å². The van der Waals surface area contributed by atoms with Gasteiger partial charge in [0.25, 0.3) is 0 Å². The summed E-state index contributed by atoms with van der Waals surface area (Å²) in [5.41, 5.74) is 0. The average molecular weight is 332 g/mol. The number of amides is 1. The molecule has 1 atom stereocenters. The molecule has 122 valence electrons. The summed E-state index contributed by atoms with van der Waals surface area (Å²) in [4.78, 5) is 23.0. The van der Waals surface area contributed by atoms with Crippen LogP contribution < -0.4 is 5.32 Å². The summed E-state index contributed by atoms with van der Waals surface area (Å²) in [5.74, 6) is -0.357. The van der Waals surface area contributed by atoms with Crippen LogP contribution in [-0.2, 0) is 18.4 Å². The molecule has 1 fully saturated rings. The summed E-state index contributed by atoms with van der Waals surface area (Å²) >= 11 is 0. The molecule has 0 saturated carbocycles. The van der Waals surface area contributed by atoms with Gasteiger partial charge in [-0.15, -0.1) is 0 Å². The van der Waals surface area contributed by atoms with Crippen LogP contribution in [0.5, 0.6) is 0 Å². The zero-order valence-corrected chi connectivity index (χ0v) is 16.0. The summed E-state index contributed by atoms with van der Waals surface area (Å²) in [6.45, 7) is 11.6. The van der Waals surface area contributed by atoms with Crippen molar-refractivity contribution in [1.29, 1.82) is 0 Å². The van der Waals surface area contributed by atoms with E-state index in [1.165, 1.54) is 0 Å². The Kier molecular flexibility index (Phi) is 6.61. The van der Waals surface area contributed by atoms with Crippen molar-refractivity contribution in [1.82, 2.24) is 5.32 Å². The normalized spacial score (nSPS) is 19.5. The van der Waals surface area contributed by atoms with Crippen LogP contribution in [-0.4, -0.2) is 41.2 Å². The number of esters is 1. The Hall–Kier alpha value is -0.666. The molecule has 1 aliphatic rings. The van der Waals surface area contributed by atoms with Crippen LogP contribution in [0.3, 0.4) is 0 Å². The quantitative estimate of drug-likeness (QED) is 0.422.